The van der Waals surface area contributed by atoms with Crippen molar-refractivity contribution in [1.82, 2.24) is 15.2 Å². The van der Waals surface area contributed by atoms with E-state index in [0.717, 1.165) is 5.56 Å². The molecule has 0 atom stereocenters. The molecule has 0 bridgehead atoms. The van der Waals surface area contributed by atoms with E-state index in [1.807, 2.05) is 0 Å². The smallest absolute Gasteiger partial charge is 0.269 e. The number of ether oxygens (including phenoxy) is 3. The van der Waals surface area contributed by atoms with Crippen LogP contribution in [0.2, 0.25) is 0 Å². The topological polar surface area (TPSA) is 112 Å². The van der Waals surface area contributed by atoms with Crippen LogP contribution in [0.25, 0.3) is 11.4 Å². The molecule has 0 aliphatic rings. The highest BCUT2D eigenvalue weighted by atomic mass is 16.6. The third-order valence-electron chi connectivity index (χ3n) is 3.97. The number of nitrogens with one attached hydrogen (secondary N) is 1. The lowest BCUT2D eigenvalue weighted by Gasteiger charge is -2.12. The van der Waals surface area contributed by atoms with E-state index in [-0.39, 0.29) is 5.69 Å². The Hall–Kier alpha value is -3.62. The molecule has 2 aromatic carbocycles. The lowest BCUT2D eigenvalue weighted by atomic mass is 10.1. The minimum absolute atomic E-state index is 0.0504. The molecule has 9 nitrogen and oxygen atoms in total. The molecular weight excluding hydrogens is 352 g/mol. The van der Waals surface area contributed by atoms with E-state index in [4.69, 9.17) is 14.2 Å². The number of nitro benzene ring substituents is 1. The molecule has 0 aliphatic heterocycles. The van der Waals surface area contributed by atoms with Crippen molar-refractivity contribution in [1.29, 1.82) is 0 Å². The van der Waals surface area contributed by atoms with Gasteiger partial charge in [-0.15, -0.1) is 0 Å². The van der Waals surface area contributed by atoms with Crippen LogP contribution < -0.4 is 14.2 Å². The highest BCUT2D eigenvalue weighted by Crippen LogP contribution is 2.40. The zero-order chi connectivity index (χ0) is 19.4. The van der Waals surface area contributed by atoms with Gasteiger partial charge in [0.2, 0.25) is 5.75 Å². The van der Waals surface area contributed by atoms with Crippen LogP contribution in [0.1, 0.15) is 11.4 Å². The van der Waals surface area contributed by atoms with Crippen molar-refractivity contribution >= 4 is 5.69 Å². The molecule has 1 aromatic heterocycles. The number of hydrogen-bond donors (Lipinski definition) is 1. The number of rotatable bonds is 7. The number of benzene rings is 2. The Morgan fingerprint density at radius 2 is 1.67 bits per heavy atom. The summed E-state index contributed by atoms with van der Waals surface area (Å²) in [5.41, 5.74) is 1.64. The Bertz CT molecular complexity index is 928. The molecule has 0 unspecified atom stereocenters. The number of H-pyrrole nitrogens is 1. The maximum Gasteiger partial charge on any atom is 0.269 e. The van der Waals surface area contributed by atoms with E-state index in [0.29, 0.717) is 40.9 Å². The minimum atomic E-state index is -0.430. The third kappa shape index (κ3) is 3.81. The summed E-state index contributed by atoms with van der Waals surface area (Å²) >= 11 is 0. The maximum atomic E-state index is 10.7. The number of hydrogen-bond acceptors (Lipinski definition) is 7. The predicted molar refractivity (Wildman–Crippen MR) is 97.4 cm³/mol. The van der Waals surface area contributed by atoms with Crippen LogP contribution >= 0.6 is 0 Å². The molecule has 0 saturated heterocycles. The van der Waals surface area contributed by atoms with Gasteiger partial charge in [-0.25, -0.2) is 4.98 Å². The first-order valence-corrected chi connectivity index (χ1v) is 8.00. The zero-order valence-corrected chi connectivity index (χ0v) is 15.1. The Kier molecular flexibility index (Phi) is 5.20. The van der Waals surface area contributed by atoms with Crippen LogP contribution in [0.5, 0.6) is 17.2 Å². The van der Waals surface area contributed by atoms with Gasteiger partial charge in [-0.2, -0.15) is 5.10 Å². The van der Waals surface area contributed by atoms with Crippen molar-refractivity contribution in [3.8, 4) is 28.6 Å². The van der Waals surface area contributed by atoms with E-state index in [9.17, 15) is 10.1 Å². The second-order valence-electron chi connectivity index (χ2n) is 5.62. The van der Waals surface area contributed by atoms with Gasteiger partial charge in [0.25, 0.3) is 5.69 Å². The molecule has 27 heavy (non-hydrogen) atoms. The first-order valence-electron chi connectivity index (χ1n) is 8.00. The summed E-state index contributed by atoms with van der Waals surface area (Å²) in [4.78, 5) is 14.8. The molecule has 0 saturated carbocycles. The standard InChI is InChI=1S/C18H18N4O5/c1-25-14-9-12(10-15(26-2)17(14)27-3)18-19-16(20-21-18)8-11-4-6-13(7-5-11)22(23)24/h4-7,9-10H,8H2,1-3H3,(H,19,20,21). The number of methoxy groups -OCH3 is 3. The van der Waals surface area contributed by atoms with Gasteiger partial charge < -0.3 is 14.2 Å². The second-order valence-corrected chi connectivity index (χ2v) is 5.62. The Balaban J connectivity index is 1.86. The lowest BCUT2D eigenvalue weighted by molar-refractivity contribution is -0.384. The molecule has 1 N–H and O–H groups in total. The van der Waals surface area contributed by atoms with Crippen molar-refractivity contribution in [3.63, 3.8) is 0 Å². The van der Waals surface area contributed by atoms with Gasteiger partial charge >= 0.3 is 0 Å². The molecule has 3 rings (SSSR count). The summed E-state index contributed by atoms with van der Waals surface area (Å²) in [6.07, 6.45) is 0.468. The molecule has 1 heterocycles. The fraction of sp³-hybridized carbons (Fsp3) is 0.222. The molecule has 0 fully saturated rings. The van der Waals surface area contributed by atoms with Gasteiger partial charge in [0.05, 0.1) is 26.3 Å². The maximum absolute atomic E-state index is 10.7. The lowest BCUT2D eigenvalue weighted by Crippen LogP contribution is -1.96. The van der Waals surface area contributed by atoms with Crippen LogP contribution in [-0.4, -0.2) is 41.4 Å². The van der Waals surface area contributed by atoms with Crippen molar-refractivity contribution in [2.45, 2.75) is 6.42 Å². The summed E-state index contributed by atoms with van der Waals surface area (Å²) in [6.45, 7) is 0. The summed E-state index contributed by atoms with van der Waals surface area (Å²) < 4.78 is 16.0. The third-order valence-corrected chi connectivity index (χ3v) is 3.97. The van der Waals surface area contributed by atoms with Crippen molar-refractivity contribution in [2.75, 3.05) is 21.3 Å². The molecule has 0 radical (unpaired) electrons. The van der Waals surface area contributed by atoms with E-state index in [2.05, 4.69) is 15.2 Å². The van der Waals surface area contributed by atoms with E-state index < -0.39 is 4.92 Å². The largest absolute Gasteiger partial charge is 0.493 e. The van der Waals surface area contributed by atoms with Gasteiger partial charge in [0.1, 0.15) is 5.82 Å². The Morgan fingerprint density at radius 1 is 1.04 bits per heavy atom. The summed E-state index contributed by atoms with van der Waals surface area (Å²) in [5, 5.41) is 17.9. The van der Waals surface area contributed by atoms with Crippen LogP contribution in [0.3, 0.4) is 0 Å². The average molecular weight is 370 g/mol. The van der Waals surface area contributed by atoms with E-state index in [1.54, 1.807) is 38.5 Å². The van der Waals surface area contributed by atoms with Crippen LogP contribution in [0.15, 0.2) is 36.4 Å². The van der Waals surface area contributed by atoms with Gasteiger partial charge in [0, 0.05) is 24.1 Å². The molecule has 140 valence electrons. The number of aromatic amines is 1. The number of non-ortho nitro benzene ring substituents is 1. The highest BCUT2D eigenvalue weighted by molar-refractivity contribution is 5.66. The molecular formula is C18H18N4O5. The summed E-state index contributed by atoms with van der Waals surface area (Å²) in [7, 11) is 4.62. The summed E-state index contributed by atoms with van der Waals surface area (Å²) in [5.74, 6) is 2.62. The van der Waals surface area contributed by atoms with Crippen LogP contribution in [0, 0.1) is 10.1 Å². The van der Waals surface area contributed by atoms with Crippen molar-refractivity contribution in [2.24, 2.45) is 0 Å². The number of nitro groups is 1. The highest BCUT2D eigenvalue weighted by Gasteiger charge is 2.16. The van der Waals surface area contributed by atoms with E-state index >= 15 is 0 Å². The predicted octanol–water partition coefficient (Wildman–Crippen LogP) is 3.00. The first kappa shape index (κ1) is 18.2. The number of nitrogens with zero attached hydrogens (tertiary/aromatic N) is 3. The molecule has 3 aromatic rings. The second kappa shape index (κ2) is 7.73. The molecule has 0 aliphatic carbocycles. The van der Waals surface area contributed by atoms with Crippen LogP contribution in [-0.2, 0) is 6.42 Å². The van der Waals surface area contributed by atoms with Gasteiger partial charge in [0.15, 0.2) is 17.3 Å². The van der Waals surface area contributed by atoms with Gasteiger partial charge in [-0.05, 0) is 17.7 Å². The monoisotopic (exact) mass is 370 g/mol. The van der Waals surface area contributed by atoms with Gasteiger partial charge in [-0.1, -0.05) is 12.1 Å². The fourth-order valence-corrected chi connectivity index (χ4v) is 2.64. The normalized spacial score (nSPS) is 10.5. The van der Waals surface area contributed by atoms with Crippen molar-refractivity contribution in [3.05, 3.63) is 57.9 Å². The molecule has 0 amide bonds. The molecule has 0 spiro atoms. The van der Waals surface area contributed by atoms with Crippen molar-refractivity contribution < 1.29 is 19.1 Å². The zero-order valence-electron chi connectivity index (χ0n) is 15.1. The van der Waals surface area contributed by atoms with Gasteiger partial charge in [-0.3, -0.25) is 15.2 Å². The average Bonchev–Trinajstić information content (AvgIpc) is 3.15. The molecule has 9 heteroatoms. The minimum Gasteiger partial charge on any atom is -0.493 e. The fourth-order valence-electron chi connectivity index (χ4n) is 2.64. The Morgan fingerprint density at radius 3 is 2.19 bits per heavy atom. The number of aromatic nitrogens is 3. The quantitative estimate of drug-likeness (QED) is 0.502. The van der Waals surface area contributed by atoms with Crippen LogP contribution in [0.4, 0.5) is 5.69 Å². The first-order chi connectivity index (χ1) is 13.0. The SMILES string of the molecule is COc1cc(-c2n[nH]c(Cc3ccc([N+](=O)[O-])cc3)n2)cc(OC)c1OC. The Labute approximate surface area is 155 Å². The summed E-state index contributed by atoms with van der Waals surface area (Å²) in [6, 6.07) is 9.84. The van der Waals surface area contributed by atoms with E-state index in [1.165, 1.54) is 19.2 Å².